The number of nitrogens with zero attached hydrogens (tertiary/aromatic N) is 2. The van der Waals surface area contributed by atoms with E-state index in [4.69, 9.17) is 4.98 Å². The van der Waals surface area contributed by atoms with Crippen LogP contribution in [0.1, 0.15) is 31.4 Å². The Morgan fingerprint density at radius 1 is 1.38 bits per heavy atom. The number of hydrogen-bond acceptors (Lipinski definition) is 3. The van der Waals surface area contributed by atoms with Crippen LogP contribution in [0.15, 0.2) is 22.7 Å². The first kappa shape index (κ1) is 15.1. The number of nitrogens with one attached hydrogen (secondary N) is 1. The maximum atomic E-state index is 13.5. The second-order valence-corrected chi connectivity index (χ2v) is 6.96. The molecular weight excluding hydrogens is 448 g/mol. The standard InChI is InChI=1S/C15H14BrFIN3/c1-2-19-15-12(18)13(8-3-4-8)20-14(21-15)10-7-9(17)5-6-11(10)16/h5-8H,2-4H2,1H3,(H,19,20,21). The minimum absolute atomic E-state index is 0.284. The Hall–Kier alpha value is -0.760. The van der Waals surface area contributed by atoms with Crippen LogP contribution in [0.3, 0.4) is 0 Å². The van der Waals surface area contributed by atoms with Gasteiger partial charge >= 0.3 is 0 Å². The Balaban J connectivity index is 2.15. The van der Waals surface area contributed by atoms with Crippen LogP contribution in [0.4, 0.5) is 10.2 Å². The van der Waals surface area contributed by atoms with Gasteiger partial charge in [0.2, 0.25) is 0 Å². The Bertz CT molecular complexity index is 689. The molecule has 0 saturated heterocycles. The van der Waals surface area contributed by atoms with Crippen LogP contribution in [-0.2, 0) is 0 Å². The van der Waals surface area contributed by atoms with Crippen molar-refractivity contribution in [2.75, 3.05) is 11.9 Å². The molecule has 1 saturated carbocycles. The molecule has 1 aromatic heterocycles. The van der Waals surface area contributed by atoms with Crippen LogP contribution < -0.4 is 5.32 Å². The summed E-state index contributed by atoms with van der Waals surface area (Å²) in [5, 5.41) is 3.28. The maximum absolute atomic E-state index is 13.5. The molecule has 1 fully saturated rings. The van der Waals surface area contributed by atoms with Gasteiger partial charge in [0.1, 0.15) is 11.6 Å². The van der Waals surface area contributed by atoms with Crippen molar-refractivity contribution in [2.24, 2.45) is 0 Å². The van der Waals surface area contributed by atoms with Crippen LogP contribution in [0.2, 0.25) is 0 Å². The van der Waals surface area contributed by atoms with Crippen LogP contribution >= 0.6 is 38.5 Å². The Labute approximate surface area is 145 Å². The average molecular weight is 462 g/mol. The van der Waals surface area contributed by atoms with Gasteiger partial charge < -0.3 is 5.32 Å². The fraction of sp³-hybridized carbons (Fsp3) is 0.333. The van der Waals surface area contributed by atoms with Crippen molar-refractivity contribution in [3.63, 3.8) is 0 Å². The number of aromatic nitrogens is 2. The molecule has 1 aliphatic carbocycles. The third kappa shape index (κ3) is 3.21. The van der Waals surface area contributed by atoms with Crippen LogP contribution in [0, 0.1) is 9.39 Å². The van der Waals surface area contributed by atoms with Gasteiger partial charge in [-0.1, -0.05) is 15.9 Å². The molecule has 6 heteroatoms. The molecule has 2 aromatic rings. The molecule has 1 N–H and O–H groups in total. The summed E-state index contributed by atoms with van der Waals surface area (Å²) in [6.07, 6.45) is 2.34. The Morgan fingerprint density at radius 2 is 2.14 bits per heavy atom. The van der Waals surface area contributed by atoms with E-state index in [0.717, 1.165) is 26.1 Å². The highest BCUT2D eigenvalue weighted by atomic mass is 127. The number of hydrogen-bond donors (Lipinski definition) is 1. The van der Waals surface area contributed by atoms with Crippen molar-refractivity contribution in [1.29, 1.82) is 0 Å². The first-order valence-corrected chi connectivity index (χ1v) is 8.74. The molecule has 0 aliphatic heterocycles. The molecule has 3 nitrogen and oxygen atoms in total. The van der Waals surface area contributed by atoms with Crippen molar-refractivity contribution >= 4 is 44.3 Å². The van der Waals surface area contributed by atoms with Crippen LogP contribution in [0.5, 0.6) is 0 Å². The van der Waals surface area contributed by atoms with Gasteiger partial charge in [-0.3, -0.25) is 0 Å². The molecule has 110 valence electrons. The first-order chi connectivity index (χ1) is 10.1. The van der Waals surface area contributed by atoms with E-state index >= 15 is 0 Å². The molecule has 0 atom stereocenters. The minimum atomic E-state index is -0.284. The van der Waals surface area contributed by atoms with Gasteiger partial charge in [-0.05, 0) is 60.6 Å². The largest absolute Gasteiger partial charge is 0.369 e. The van der Waals surface area contributed by atoms with E-state index in [2.05, 4.69) is 48.8 Å². The van der Waals surface area contributed by atoms with Gasteiger partial charge in [0.15, 0.2) is 5.82 Å². The summed E-state index contributed by atoms with van der Waals surface area (Å²) in [6, 6.07) is 4.59. The fourth-order valence-corrected chi connectivity index (χ4v) is 3.46. The predicted molar refractivity (Wildman–Crippen MR) is 94.0 cm³/mol. The second-order valence-electron chi connectivity index (χ2n) is 5.02. The molecule has 0 amide bonds. The highest BCUT2D eigenvalue weighted by molar-refractivity contribution is 14.1. The number of rotatable bonds is 4. The van der Waals surface area contributed by atoms with Crippen molar-refractivity contribution in [2.45, 2.75) is 25.7 Å². The highest BCUT2D eigenvalue weighted by Gasteiger charge is 2.29. The van der Waals surface area contributed by atoms with Crippen LogP contribution in [0.25, 0.3) is 11.4 Å². The van der Waals surface area contributed by atoms with Crippen LogP contribution in [-0.4, -0.2) is 16.5 Å². The van der Waals surface area contributed by atoms with E-state index in [1.807, 2.05) is 6.92 Å². The predicted octanol–water partition coefficient (Wildman–Crippen LogP) is 4.96. The number of halogens is 3. The van der Waals surface area contributed by atoms with E-state index in [1.165, 1.54) is 25.0 Å². The number of benzene rings is 1. The van der Waals surface area contributed by atoms with E-state index in [9.17, 15) is 4.39 Å². The zero-order valence-corrected chi connectivity index (χ0v) is 15.2. The molecule has 0 spiro atoms. The normalized spacial score (nSPS) is 14.3. The molecule has 1 aromatic carbocycles. The fourth-order valence-electron chi connectivity index (χ4n) is 2.17. The molecule has 1 heterocycles. The lowest BCUT2D eigenvalue weighted by Crippen LogP contribution is -2.07. The molecule has 0 bridgehead atoms. The molecule has 1 aliphatic rings. The Kier molecular flexibility index (Phi) is 4.44. The van der Waals surface area contributed by atoms with E-state index in [1.54, 1.807) is 6.07 Å². The van der Waals surface area contributed by atoms with Gasteiger partial charge in [-0.25, -0.2) is 14.4 Å². The highest BCUT2D eigenvalue weighted by Crippen LogP contribution is 2.43. The summed E-state index contributed by atoms with van der Waals surface area (Å²) in [4.78, 5) is 9.27. The lowest BCUT2D eigenvalue weighted by molar-refractivity contribution is 0.628. The summed E-state index contributed by atoms with van der Waals surface area (Å²) in [5.74, 6) is 1.64. The average Bonchev–Trinajstić information content (AvgIpc) is 3.28. The topological polar surface area (TPSA) is 37.8 Å². The molecule has 0 unspecified atom stereocenters. The smallest absolute Gasteiger partial charge is 0.163 e. The summed E-state index contributed by atoms with van der Waals surface area (Å²) in [7, 11) is 0. The summed E-state index contributed by atoms with van der Waals surface area (Å²) < 4.78 is 15.4. The molecule has 0 radical (unpaired) electrons. The number of anilines is 1. The summed E-state index contributed by atoms with van der Waals surface area (Å²) >= 11 is 5.76. The van der Waals surface area contributed by atoms with E-state index < -0.39 is 0 Å². The van der Waals surface area contributed by atoms with Crippen molar-refractivity contribution < 1.29 is 4.39 Å². The maximum Gasteiger partial charge on any atom is 0.163 e. The van der Waals surface area contributed by atoms with E-state index in [-0.39, 0.29) is 5.82 Å². The lowest BCUT2D eigenvalue weighted by Gasteiger charge is -2.13. The lowest BCUT2D eigenvalue weighted by atomic mass is 10.2. The monoisotopic (exact) mass is 461 g/mol. The summed E-state index contributed by atoms with van der Waals surface area (Å²) in [6.45, 7) is 2.83. The van der Waals surface area contributed by atoms with Crippen molar-refractivity contribution in [3.8, 4) is 11.4 Å². The third-order valence-corrected chi connectivity index (χ3v) is 5.11. The van der Waals surface area contributed by atoms with E-state index in [0.29, 0.717) is 17.3 Å². The van der Waals surface area contributed by atoms with Gasteiger partial charge in [-0.2, -0.15) is 0 Å². The molecule has 21 heavy (non-hydrogen) atoms. The van der Waals surface area contributed by atoms with Crippen molar-refractivity contribution in [3.05, 3.63) is 37.8 Å². The quantitative estimate of drug-likeness (QED) is 0.654. The zero-order valence-electron chi connectivity index (χ0n) is 11.5. The summed E-state index contributed by atoms with van der Waals surface area (Å²) in [5.41, 5.74) is 1.76. The Morgan fingerprint density at radius 3 is 2.81 bits per heavy atom. The van der Waals surface area contributed by atoms with Gasteiger partial charge in [0.05, 0.1) is 9.26 Å². The van der Waals surface area contributed by atoms with Gasteiger partial charge in [0.25, 0.3) is 0 Å². The third-order valence-electron chi connectivity index (χ3n) is 3.35. The SMILES string of the molecule is CCNc1nc(-c2cc(F)ccc2Br)nc(C2CC2)c1I. The van der Waals surface area contributed by atoms with Gasteiger partial charge in [-0.15, -0.1) is 0 Å². The van der Waals surface area contributed by atoms with Crippen molar-refractivity contribution in [1.82, 2.24) is 9.97 Å². The second kappa shape index (κ2) is 6.16. The van der Waals surface area contributed by atoms with Gasteiger partial charge in [0, 0.05) is 22.5 Å². The molecular formula is C15H14BrFIN3. The first-order valence-electron chi connectivity index (χ1n) is 6.87. The minimum Gasteiger partial charge on any atom is -0.369 e. The zero-order chi connectivity index (χ0) is 15.0. The molecule has 3 rings (SSSR count).